The van der Waals surface area contributed by atoms with Gasteiger partial charge in [0.1, 0.15) is 11.5 Å². The van der Waals surface area contributed by atoms with Crippen molar-refractivity contribution in [1.82, 2.24) is 14.4 Å². The second kappa shape index (κ2) is 5.48. The lowest BCUT2D eigenvalue weighted by Crippen LogP contribution is -1.93. The van der Waals surface area contributed by atoms with Crippen LogP contribution in [-0.4, -0.2) is 14.4 Å². The van der Waals surface area contributed by atoms with Gasteiger partial charge in [-0.05, 0) is 36.4 Å². The van der Waals surface area contributed by atoms with Crippen LogP contribution in [0.25, 0.3) is 28.0 Å². The average molecular weight is 324 g/mol. The number of benzene rings is 1. The highest BCUT2D eigenvalue weighted by molar-refractivity contribution is 6.30. The van der Waals surface area contributed by atoms with Crippen LogP contribution >= 0.6 is 11.6 Å². The van der Waals surface area contributed by atoms with E-state index in [1.807, 2.05) is 41.1 Å². The smallest absolute Gasteiger partial charge is 0.136 e. The van der Waals surface area contributed by atoms with E-state index in [1.54, 1.807) is 18.5 Å². The molecule has 0 N–H and O–H groups in total. The first-order valence-electron chi connectivity index (χ1n) is 7.06. The van der Waals surface area contributed by atoms with E-state index in [9.17, 15) is 4.39 Å². The maximum Gasteiger partial charge on any atom is 0.136 e. The van der Waals surface area contributed by atoms with Gasteiger partial charge in [-0.25, -0.2) is 9.37 Å². The molecule has 0 atom stereocenters. The Labute approximate surface area is 137 Å². The number of imidazole rings is 1. The molecule has 0 radical (unpaired) electrons. The van der Waals surface area contributed by atoms with Crippen molar-refractivity contribution in [3.8, 4) is 22.4 Å². The molecular weight excluding hydrogens is 313 g/mol. The number of hydrogen-bond donors (Lipinski definition) is 0. The van der Waals surface area contributed by atoms with Crippen molar-refractivity contribution in [2.24, 2.45) is 0 Å². The summed E-state index contributed by atoms with van der Waals surface area (Å²) < 4.78 is 16.2. The van der Waals surface area contributed by atoms with Gasteiger partial charge < -0.3 is 4.40 Å². The molecule has 4 rings (SSSR count). The number of pyridine rings is 2. The normalized spacial score (nSPS) is 11.0. The Kier molecular flexibility index (Phi) is 3.32. The zero-order valence-electron chi connectivity index (χ0n) is 11.9. The van der Waals surface area contributed by atoms with Crippen LogP contribution in [0.5, 0.6) is 0 Å². The van der Waals surface area contributed by atoms with E-state index >= 15 is 0 Å². The van der Waals surface area contributed by atoms with Gasteiger partial charge in [0, 0.05) is 46.5 Å². The molecule has 0 saturated carbocycles. The van der Waals surface area contributed by atoms with Crippen molar-refractivity contribution in [3.05, 3.63) is 78.1 Å². The van der Waals surface area contributed by atoms with Crippen LogP contribution in [0.4, 0.5) is 4.39 Å². The summed E-state index contributed by atoms with van der Waals surface area (Å²) in [5, 5.41) is 0.475. The highest BCUT2D eigenvalue weighted by atomic mass is 35.5. The van der Waals surface area contributed by atoms with Crippen LogP contribution in [0.15, 0.2) is 67.3 Å². The van der Waals surface area contributed by atoms with E-state index in [0.29, 0.717) is 16.3 Å². The predicted octanol–water partition coefficient (Wildman–Crippen LogP) is 4.86. The fourth-order valence-electron chi connectivity index (χ4n) is 2.61. The van der Waals surface area contributed by atoms with E-state index in [0.717, 1.165) is 16.8 Å². The van der Waals surface area contributed by atoms with Crippen molar-refractivity contribution in [2.45, 2.75) is 0 Å². The minimum Gasteiger partial charge on any atom is -0.306 e. The molecule has 5 heteroatoms. The Morgan fingerprint density at radius 2 is 1.87 bits per heavy atom. The second-order valence-corrected chi connectivity index (χ2v) is 5.57. The summed E-state index contributed by atoms with van der Waals surface area (Å²) in [6.45, 7) is 0. The van der Waals surface area contributed by atoms with Crippen molar-refractivity contribution < 1.29 is 4.39 Å². The van der Waals surface area contributed by atoms with Gasteiger partial charge in [-0.15, -0.1) is 0 Å². The first kappa shape index (κ1) is 13.9. The zero-order valence-corrected chi connectivity index (χ0v) is 12.7. The molecule has 0 aliphatic carbocycles. The van der Waals surface area contributed by atoms with Crippen LogP contribution < -0.4 is 0 Å². The third kappa shape index (κ3) is 2.47. The fraction of sp³-hybridized carbons (Fsp3) is 0. The number of aromatic nitrogens is 3. The molecular formula is C18H11ClFN3. The SMILES string of the molecule is Fc1ccc(Cl)cc1-c1ncccc1-c1ccc2nccn2c1. The minimum absolute atomic E-state index is 0.349. The van der Waals surface area contributed by atoms with Crippen LogP contribution in [-0.2, 0) is 0 Å². The lowest BCUT2D eigenvalue weighted by atomic mass is 10.0. The maximum absolute atomic E-state index is 14.2. The van der Waals surface area contributed by atoms with Crippen molar-refractivity contribution >= 4 is 17.2 Å². The first-order valence-corrected chi connectivity index (χ1v) is 7.44. The van der Waals surface area contributed by atoms with E-state index in [-0.39, 0.29) is 5.82 Å². The molecule has 0 aliphatic heterocycles. The topological polar surface area (TPSA) is 30.2 Å². The summed E-state index contributed by atoms with van der Waals surface area (Å²) in [6.07, 6.45) is 7.20. The third-order valence-electron chi connectivity index (χ3n) is 3.69. The highest BCUT2D eigenvalue weighted by Crippen LogP contribution is 2.33. The standard InChI is InChI=1S/C18H11ClFN3/c19-13-4-5-16(20)15(10-13)18-14(2-1-7-22-18)12-3-6-17-21-8-9-23(17)11-12/h1-11H. The average Bonchev–Trinajstić information content (AvgIpc) is 3.05. The van der Waals surface area contributed by atoms with Crippen molar-refractivity contribution in [2.75, 3.05) is 0 Å². The molecule has 23 heavy (non-hydrogen) atoms. The molecule has 1 aromatic carbocycles. The second-order valence-electron chi connectivity index (χ2n) is 5.13. The van der Waals surface area contributed by atoms with Crippen LogP contribution in [0, 0.1) is 5.82 Å². The molecule has 0 spiro atoms. The fourth-order valence-corrected chi connectivity index (χ4v) is 2.78. The van der Waals surface area contributed by atoms with Gasteiger partial charge >= 0.3 is 0 Å². The number of rotatable bonds is 2. The Balaban J connectivity index is 1.94. The summed E-state index contributed by atoms with van der Waals surface area (Å²) >= 11 is 6.02. The van der Waals surface area contributed by atoms with Crippen LogP contribution in [0.1, 0.15) is 0 Å². The quantitative estimate of drug-likeness (QED) is 0.527. The molecule has 3 heterocycles. The van der Waals surface area contributed by atoms with Crippen LogP contribution in [0.2, 0.25) is 5.02 Å². The Hall–Kier alpha value is -2.72. The van der Waals surface area contributed by atoms with E-state index < -0.39 is 0 Å². The Morgan fingerprint density at radius 1 is 0.957 bits per heavy atom. The van der Waals surface area contributed by atoms with Gasteiger partial charge in [0.25, 0.3) is 0 Å². The molecule has 0 bridgehead atoms. The summed E-state index contributed by atoms with van der Waals surface area (Å²) in [5.74, 6) is -0.349. The molecule has 0 aliphatic rings. The zero-order chi connectivity index (χ0) is 15.8. The summed E-state index contributed by atoms with van der Waals surface area (Å²) in [6, 6.07) is 12.1. The number of fused-ring (bicyclic) bond motifs is 1. The molecule has 3 aromatic heterocycles. The summed E-state index contributed by atoms with van der Waals surface area (Å²) in [7, 11) is 0. The molecule has 4 aromatic rings. The first-order chi connectivity index (χ1) is 11.2. The van der Waals surface area contributed by atoms with Crippen molar-refractivity contribution in [1.29, 1.82) is 0 Å². The largest absolute Gasteiger partial charge is 0.306 e. The van der Waals surface area contributed by atoms with Gasteiger partial charge in [-0.2, -0.15) is 0 Å². The molecule has 3 nitrogen and oxygen atoms in total. The maximum atomic E-state index is 14.2. The lowest BCUT2D eigenvalue weighted by Gasteiger charge is -2.10. The summed E-state index contributed by atoms with van der Waals surface area (Å²) in [5.41, 5.74) is 3.57. The Morgan fingerprint density at radius 3 is 2.78 bits per heavy atom. The Bertz CT molecular complexity index is 1010. The third-order valence-corrected chi connectivity index (χ3v) is 3.93. The van der Waals surface area contributed by atoms with Gasteiger partial charge in [0.15, 0.2) is 0 Å². The predicted molar refractivity (Wildman–Crippen MR) is 88.8 cm³/mol. The van der Waals surface area contributed by atoms with Gasteiger partial charge in [-0.1, -0.05) is 17.7 Å². The molecule has 0 saturated heterocycles. The molecule has 0 fully saturated rings. The van der Waals surface area contributed by atoms with Gasteiger partial charge in [0.05, 0.1) is 5.69 Å². The van der Waals surface area contributed by atoms with Crippen molar-refractivity contribution in [3.63, 3.8) is 0 Å². The minimum atomic E-state index is -0.349. The summed E-state index contributed by atoms with van der Waals surface area (Å²) in [4.78, 5) is 8.60. The number of hydrogen-bond acceptors (Lipinski definition) is 2. The van der Waals surface area contributed by atoms with E-state index in [1.165, 1.54) is 12.1 Å². The van der Waals surface area contributed by atoms with Crippen LogP contribution in [0.3, 0.4) is 0 Å². The van der Waals surface area contributed by atoms with E-state index in [4.69, 9.17) is 11.6 Å². The lowest BCUT2D eigenvalue weighted by molar-refractivity contribution is 0.631. The molecule has 0 amide bonds. The highest BCUT2D eigenvalue weighted by Gasteiger charge is 2.13. The monoisotopic (exact) mass is 323 g/mol. The number of halogens is 2. The molecule has 112 valence electrons. The molecule has 0 unspecified atom stereocenters. The van der Waals surface area contributed by atoms with E-state index in [2.05, 4.69) is 9.97 Å². The number of nitrogens with zero attached hydrogens (tertiary/aromatic N) is 3. The van der Waals surface area contributed by atoms with Gasteiger partial charge in [-0.3, -0.25) is 4.98 Å². The van der Waals surface area contributed by atoms with Gasteiger partial charge in [0.2, 0.25) is 0 Å².